The average Bonchev–Trinajstić information content (AvgIpc) is 2.72. The molecule has 0 fully saturated rings. The van der Waals surface area contributed by atoms with Crippen molar-refractivity contribution in [2.24, 2.45) is 5.14 Å². The van der Waals surface area contributed by atoms with E-state index < -0.39 is 21.8 Å². The summed E-state index contributed by atoms with van der Waals surface area (Å²) < 4.78 is 22.5. The first-order valence-electron chi connectivity index (χ1n) is 8.85. The maximum atomic E-state index is 12.2. The first-order chi connectivity index (χ1) is 14.2. The van der Waals surface area contributed by atoms with Crippen LogP contribution < -0.4 is 21.3 Å². The molecule has 10 nitrogen and oxygen atoms in total. The number of hydrogen-bond acceptors (Lipinski definition) is 6. The Labute approximate surface area is 171 Å². The number of amides is 2. The maximum Gasteiger partial charge on any atom is 0.272 e. The van der Waals surface area contributed by atoms with Gasteiger partial charge in [0.15, 0.2) is 0 Å². The highest BCUT2D eigenvalue weighted by molar-refractivity contribution is 7.89. The quantitative estimate of drug-likeness (QED) is 0.397. The summed E-state index contributed by atoms with van der Waals surface area (Å²) in [6.45, 7) is -0.0822. The number of aromatic amines is 1. The Morgan fingerprint density at radius 1 is 0.967 bits per heavy atom. The van der Waals surface area contributed by atoms with Gasteiger partial charge >= 0.3 is 0 Å². The lowest BCUT2D eigenvalue weighted by atomic mass is 10.1. The van der Waals surface area contributed by atoms with Gasteiger partial charge < -0.3 is 10.6 Å². The van der Waals surface area contributed by atoms with Gasteiger partial charge in [-0.1, -0.05) is 30.3 Å². The lowest BCUT2D eigenvalue weighted by Gasteiger charge is -2.08. The molecule has 156 valence electrons. The van der Waals surface area contributed by atoms with Gasteiger partial charge in [0.25, 0.3) is 5.56 Å². The second kappa shape index (κ2) is 8.84. The van der Waals surface area contributed by atoms with Crippen molar-refractivity contribution in [1.82, 2.24) is 20.8 Å². The molecule has 2 aromatic carbocycles. The normalized spacial score (nSPS) is 11.2. The summed E-state index contributed by atoms with van der Waals surface area (Å²) in [5.41, 5.74) is 0.732. The van der Waals surface area contributed by atoms with E-state index in [9.17, 15) is 22.8 Å². The van der Waals surface area contributed by atoms with Gasteiger partial charge in [0.1, 0.15) is 0 Å². The highest BCUT2D eigenvalue weighted by Gasteiger charge is 2.12. The van der Waals surface area contributed by atoms with E-state index in [0.717, 1.165) is 0 Å². The van der Waals surface area contributed by atoms with E-state index in [0.29, 0.717) is 22.0 Å². The number of hydrogen-bond donors (Lipinski definition) is 4. The van der Waals surface area contributed by atoms with Crippen LogP contribution in [-0.4, -0.2) is 37.0 Å². The third kappa shape index (κ3) is 5.27. The Morgan fingerprint density at radius 2 is 1.63 bits per heavy atom. The van der Waals surface area contributed by atoms with Gasteiger partial charge in [0.05, 0.1) is 28.9 Å². The van der Waals surface area contributed by atoms with E-state index in [1.807, 2.05) is 0 Å². The first-order valence-corrected chi connectivity index (χ1v) is 10.4. The average molecular weight is 429 g/mol. The van der Waals surface area contributed by atoms with Crippen LogP contribution in [0.3, 0.4) is 0 Å². The summed E-state index contributed by atoms with van der Waals surface area (Å²) in [5, 5.41) is 17.4. The predicted molar refractivity (Wildman–Crippen MR) is 109 cm³/mol. The third-order valence-corrected chi connectivity index (χ3v) is 5.22. The lowest BCUT2D eigenvalue weighted by molar-refractivity contribution is -0.125. The van der Waals surface area contributed by atoms with Gasteiger partial charge in [0.2, 0.25) is 21.8 Å². The van der Waals surface area contributed by atoms with Gasteiger partial charge in [0, 0.05) is 11.9 Å². The van der Waals surface area contributed by atoms with Crippen molar-refractivity contribution in [3.63, 3.8) is 0 Å². The number of nitrogens with two attached hydrogens (primary N) is 1. The van der Waals surface area contributed by atoms with Crippen LogP contribution in [0.1, 0.15) is 11.3 Å². The van der Waals surface area contributed by atoms with E-state index in [2.05, 4.69) is 20.8 Å². The molecule has 11 heteroatoms. The van der Waals surface area contributed by atoms with E-state index >= 15 is 0 Å². The molecule has 0 radical (unpaired) electrons. The van der Waals surface area contributed by atoms with Crippen LogP contribution in [0.25, 0.3) is 10.8 Å². The molecule has 5 N–H and O–H groups in total. The smallest absolute Gasteiger partial charge is 0.272 e. The number of rotatable bonds is 7. The molecule has 0 saturated carbocycles. The standard InChI is InChI=1S/C19H19N5O5S/c20-30(28,29)13-7-5-12(6-8-13)10-21-18(26)11-22-17(25)9-16-14-3-1-2-4-15(14)19(27)24-23-16/h1-8H,9-11H2,(H,21,26)(H,22,25)(H,24,27)(H2,20,28,29). The van der Waals surface area contributed by atoms with E-state index in [1.165, 1.54) is 24.3 Å². The molecule has 0 saturated heterocycles. The van der Waals surface area contributed by atoms with Crippen LogP contribution in [0.2, 0.25) is 0 Å². The molecule has 0 bridgehead atoms. The molecular weight excluding hydrogens is 410 g/mol. The fraction of sp³-hybridized carbons (Fsp3) is 0.158. The number of benzene rings is 2. The number of fused-ring (bicyclic) bond motifs is 1. The largest absolute Gasteiger partial charge is 0.350 e. The number of sulfonamides is 1. The van der Waals surface area contributed by atoms with Gasteiger partial charge in [-0.3, -0.25) is 14.4 Å². The molecule has 1 aromatic heterocycles. The molecule has 30 heavy (non-hydrogen) atoms. The number of primary sulfonamides is 1. The Hall–Kier alpha value is -3.57. The molecule has 0 atom stereocenters. The van der Waals surface area contributed by atoms with Gasteiger partial charge in [-0.05, 0) is 23.8 Å². The predicted octanol–water partition coefficient (Wildman–Crippen LogP) is -0.454. The van der Waals surface area contributed by atoms with Crippen molar-refractivity contribution in [3.8, 4) is 0 Å². The second-order valence-corrected chi connectivity index (χ2v) is 8.03. The minimum Gasteiger partial charge on any atom is -0.350 e. The molecule has 0 unspecified atom stereocenters. The molecule has 0 aliphatic heterocycles. The maximum absolute atomic E-state index is 12.2. The van der Waals surface area contributed by atoms with E-state index in [1.54, 1.807) is 24.3 Å². The number of carbonyl (C=O) groups is 2. The lowest BCUT2D eigenvalue weighted by Crippen LogP contribution is -2.37. The second-order valence-electron chi connectivity index (χ2n) is 6.46. The van der Waals surface area contributed by atoms with Crippen molar-refractivity contribution in [2.45, 2.75) is 17.9 Å². The number of carbonyl (C=O) groups excluding carboxylic acids is 2. The van der Waals surface area contributed by atoms with Gasteiger partial charge in [-0.25, -0.2) is 18.7 Å². The molecule has 0 aliphatic rings. The Kier molecular flexibility index (Phi) is 6.23. The SMILES string of the molecule is NS(=O)(=O)c1ccc(CNC(=O)CNC(=O)Cc2n[nH]c(=O)c3ccccc23)cc1. The number of nitrogens with one attached hydrogen (secondary N) is 3. The number of aromatic nitrogens is 2. The van der Waals surface area contributed by atoms with Crippen LogP contribution in [0.5, 0.6) is 0 Å². The Bertz CT molecular complexity index is 1250. The Balaban J connectivity index is 1.51. The van der Waals surface area contributed by atoms with Crippen LogP contribution >= 0.6 is 0 Å². The fourth-order valence-corrected chi connectivity index (χ4v) is 3.28. The number of H-pyrrole nitrogens is 1. The summed E-state index contributed by atoms with van der Waals surface area (Å²) in [7, 11) is -3.77. The number of nitrogens with zero attached hydrogens (tertiary/aromatic N) is 1. The van der Waals surface area contributed by atoms with Crippen LogP contribution in [-0.2, 0) is 32.6 Å². The minimum atomic E-state index is -3.77. The summed E-state index contributed by atoms with van der Waals surface area (Å²) in [4.78, 5) is 35.9. The molecule has 3 rings (SSSR count). The monoisotopic (exact) mass is 429 g/mol. The zero-order chi connectivity index (χ0) is 21.7. The van der Waals surface area contributed by atoms with Crippen LogP contribution in [0, 0.1) is 0 Å². The molecular formula is C19H19N5O5S. The molecule has 1 heterocycles. The van der Waals surface area contributed by atoms with E-state index in [4.69, 9.17) is 5.14 Å². The van der Waals surface area contributed by atoms with Crippen molar-refractivity contribution < 1.29 is 18.0 Å². The van der Waals surface area contributed by atoms with Gasteiger partial charge in [-0.2, -0.15) is 5.10 Å². The minimum absolute atomic E-state index is 0.0202. The molecule has 0 spiro atoms. The topological polar surface area (TPSA) is 164 Å². The van der Waals surface area contributed by atoms with E-state index in [-0.39, 0.29) is 30.0 Å². The van der Waals surface area contributed by atoms with Crippen LogP contribution in [0.15, 0.2) is 58.2 Å². The van der Waals surface area contributed by atoms with Gasteiger partial charge in [-0.15, -0.1) is 0 Å². The zero-order valence-corrected chi connectivity index (χ0v) is 16.5. The van der Waals surface area contributed by atoms with Crippen molar-refractivity contribution in [2.75, 3.05) is 6.54 Å². The highest BCUT2D eigenvalue weighted by Crippen LogP contribution is 2.12. The summed E-state index contributed by atoms with van der Waals surface area (Å²) in [6.07, 6.45) is -0.0976. The van der Waals surface area contributed by atoms with Crippen LogP contribution in [0.4, 0.5) is 0 Å². The van der Waals surface area contributed by atoms with Crippen molar-refractivity contribution in [3.05, 3.63) is 70.1 Å². The molecule has 0 aliphatic carbocycles. The van der Waals surface area contributed by atoms with Crippen molar-refractivity contribution in [1.29, 1.82) is 0 Å². The third-order valence-electron chi connectivity index (χ3n) is 4.29. The fourth-order valence-electron chi connectivity index (χ4n) is 2.76. The summed E-state index contributed by atoms with van der Waals surface area (Å²) >= 11 is 0. The summed E-state index contributed by atoms with van der Waals surface area (Å²) in [6, 6.07) is 12.6. The molecule has 3 aromatic rings. The highest BCUT2D eigenvalue weighted by atomic mass is 32.2. The molecule has 2 amide bonds. The van der Waals surface area contributed by atoms with Crippen molar-refractivity contribution >= 4 is 32.6 Å². The summed E-state index contributed by atoms with van der Waals surface area (Å²) in [5.74, 6) is -0.842. The Morgan fingerprint density at radius 3 is 2.30 bits per heavy atom. The zero-order valence-electron chi connectivity index (χ0n) is 15.7. The first kappa shape index (κ1) is 21.1.